The average Bonchev–Trinajstić information content (AvgIpc) is 2.87. The fraction of sp³-hybridized carbons (Fsp3) is 0.481. The summed E-state index contributed by atoms with van der Waals surface area (Å²) in [6.07, 6.45) is 1.50. The number of nitrogens with zero attached hydrogens (tertiary/aromatic N) is 1. The molecule has 2 aromatic rings. The Morgan fingerprint density at radius 3 is 2.61 bits per heavy atom. The molecule has 2 aliphatic heterocycles. The first-order valence-corrected chi connectivity index (χ1v) is 13.7. The Morgan fingerprint density at radius 2 is 1.97 bits per heavy atom. The third kappa shape index (κ3) is 5.05. The molecule has 9 heteroatoms. The number of carbonyl (C=O) groups is 2. The molecule has 2 saturated heterocycles. The van der Waals surface area contributed by atoms with Gasteiger partial charge in [-0.3, -0.25) is 9.59 Å². The van der Waals surface area contributed by atoms with E-state index in [1.54, 1.807) is 6.92 Å². The minimum Gasteiger partial charge on any atom is -0.486 e. The Bertz CT molecular complexity index is 1220. The molecule has 36 heavy (non-hydrogen) atoms. The number of rotatable bonds is 8. The lowest BCUT2D eigenvalue weighted by molar-refractivity contribution is -0.144. The van der Waals surface area contributed by atoms with Crippen LogP contribution in [0.25, 0.3) is 11.1 Å². The van der Waals surface area contributed by atoms with Gasteiger partial charge in [-0.1, -0.05) is 30.3 Å². The monoisotopic (exact) mass is 515 g/mol. The molecule has 0 bridgehead atoms. The van der Waals surface area contributed by atoms with Crippen molar-refractivity contribution in [2.45, 2.75) is 56.3 Å². The van der Waals surface area contributed by atoms with E-state index >= 15 is 0 Å². The molecule has 2 unspecified atom stereocenters. The van der Waals surface area contributed by atoms with Gasteiger partial charge < -0.3 is 14.6 Å². The summed E-state index contributed by atoms with van der Waals surface area (Å²) in [5, 5.41) is 9.93. The lowest BCUT2D eigenvalue weighted by Gasteiger charge is -2.41. The minimum atomic E-state index is -4.03. The second kappa shape index (κ2) is 10.7. The molecule has 2 heterocycles. The van der Waals surface area contributed by atoms with Gasteiger partial charge in [0, 0.05) is 32.5 Å². The van der Waals surface area contributed by atoms with Crippen molar-refractivity contribution in [3.8, 4) is 16.9 Å². The van der Waals surface area contributed by atoms with Gasteiger partial charge in [-0.05, 0) is 67.0 Å². The van der Waals surface area contributed by atoms with Gasteiger partial charge >= 0.3 is 5.97 Å². The molecule has 2 aromatic carbocycles. The van der Waals surface area contributed by atoms with Crippen molar-refractivity contribution in [1.29, 1.82) is 0 Å². The summed E-state index contributed by atoms with van der Waals surface area (Å²) in [5.41, 5.74) is 4.30. The number of aryl methyl sites for hydroxylation is 1. The summed E-state index contributed by atoms with van der Waals surface area (Å²) in [6, 6.07) is 13.9. The van der Waals surface area contributed by atoms with Crippen LogP contribution >= 0.6 is 0 Å². The van der Waals surface area contributed by atoms with E-state index in [9.17, 15) is 23.1 Å². The Balaban J connectivity index is 1.47. The largest absolute Gasteiger partial charge is 0.486 e. The predicted octanol–water partition coefficient (Wildman–Crippen LogP) is 3.77. The van der Waals surface area contributed by atoms with Gasteiger partial charge in [0.15, 0.2) is 11.0 Å². The smallest absolute Gasteiger partial charge is 0.326 e. The van der Waals surface area contributed by atoms with Gasteiger partial charge in [-0.25, -0.2) is 12.7 Å². The molecule has 1 N–H and O–H groups in total. The number of ether oxygens (including phenoxy) is 2. The first-order chi connectivity index (χ1) is 17.2. The van der Waals surface area contributed by atoms with E-state index in [4.69, 9.17) is 9.47 Å². The summed E-state index contributed by atoms with van der Waals surface area (Å²) in [6.45, 7) is 4.50. The van der Waals surface area contributed by atoms with Crippen molar-refractivity contribution in [2.24, 2.45) is 0 Å². The van der Waals surface area contributed by atoms with Gasteiger partial charge in [-0.2, -0.15) is 0 Å². The molecular weight excluding hydrogens is 482 g/mol. The standard InChI is InChI=1S/C27H33NO7S/c1-19-16-22(6-7-25(19)23-4-3-5-24(17-23)35-15-13-29)21-8-11-28(12-9-21)36(32,33)27(26(30)31)10-14-34-20(2)18-27/h3-7,13,16-17,20-21H,8-12,14-15,18H2,1-2H3,(H,30,31). The molecule has 0 saturated carbocycles. The van der Waals surface area contributed by atoms with E-state index < -0.39 is 26.8 Å². The van der Waals surface area contributed by atoms with Gasteiger partial charge in [0.1, 0.15) is 12.4 Å². The number of piperidine rings is 1. The number of aldehydes is 1. The highest BCUT2D eigenvalue weighted by Crippen LogP contribution is 2.39. The summed E-state index contributed by atoms with van der Waals surface area (Å²) in [7, 11) is -4.03. The highest BCUT2D eigenvalue weighted by Gasteiger charge is 2.56. The maximum Gasteiger partial charge on any atom is 0.326 e. The molecule has 0 radical (unpaired) electrons. The zero-order valence-corrected chi connectivity index (χ0v) is 21.5. The molecule has 0 aliphatic carbocycles. The van der Waals surface area contributed by atoms with E-state index in [1.807, 2.05) is 31.2 Å². The molecule has 0 amide bonds. The number of sulfonamides is 1. The lowest BCUT2D eigenvalue weighted by atomic mass is 9.87. The van der Waals surface area contributed by atoms with Crippen LogP contribution in [0.4, 0.5) is 0 Å². The highest BCUT2D eigenvalue weighted by molar-refractivity contribution is 7.91. The van der Waals surface area contributed by atoms with Crippen molar-refractivity contribution in [2.75, 3.05) is 26.3 Å². The van der Waals surface area contributed by atoms with Crippen molar-refractivity contribution in [3.63, 3.8) is 0 Å². The van der Waals surface area contributed by atoms with Crippen LogP contribution in [0.1, 0.15) is 49.7 Å². The number of carbonyl (C=O) groups excluding carboxylic acids is 1. The average molecular weight is 516 g/mol. The number of hydrogen-bond donors (Lipinski definition) is 1. The van der Waals surface area contributed by atoms with Crippen molar-refractivity contribution < 1.29 is 32.6 Å². The predicted molar refractivity (Wildman–Crippen MR) is 136 cm³/mol. The topological polar surface area (TPSA) is 110 Å². The fourth-order valence-electron chi connectivity index (χ4n) is 5.41. The normalized spacial score (nSPS) is 23.8. The number of aliphatic carboxylic acids is 1. The zero-order chi connectivity index (χ0) is 25.9. The van der Waals surface area contributed by atoms with Gasteiger partial charge in [-0.15, -0.1) is 0 Å². The maximum atomic E-state index is 13.5. The van der Waals surface area contributed by atoms with Crippen LogP contribution in [-0.4, -0.2) is 67.2 Å². The van der Waals surface area contributed by atoms with Crippen LogP contribution in [0.15, 0.2) is 42.5 Å². The van der Waals surface area contributed by atoms with E-state index in [2.05, 4.69) is 18.2 Å². The molecule has 2 aliphatic rings. The van der Waals surface area contributed by atoms with Crippen molar-refractivity contribution in [3.05, 3.63) is 53.6 Å². The molecule has 194 valence electrons. The Labute approximate surface area is 212 Å². The lowest BCUT2D eigenvalue weighted by Crippen LogP contribution is -2.58. The van der Waals surface area contributed by atoms with E-state index in [-0.39, 0.29) is 32.0 Å². The molecule has 2 atom stereocenters. The van der Waals surface area contributed by atoms with Crippen LogP contribution in [0.3, 0.4) is 0 Å². The summed E-state index contributed by atoms with van der Waals surface area (Å²) >= 11 is 0. The maximum absolute atomic E-state index is 13.5. The third-order valence-corrected chi connectivity index (χ3v) is 9.97. The van der Waals surface area contributed by atoms with Crippen LogP contribution in [0, 0.1) is 6.92 Å². The fourth-order valence-corrected chi connectivity index (χ4v) is 7.61. The number of benzene rings is 2. The number of carboxylic acids is 1. The molecule has 0 spiro atoms. The molecule has 0 aromatic heterocycles. The Hall–Kier alpha value is -2.75. The summed E-state index contributed by atoms with van der Waals surface area (Å²) < 4.78 is 37.4. The summed E-state index contributed by atoms with van der Waals surface area (Å²) in [5.74, 6) is -0.456. The van der Waals surface area contributed by atoms with Crippen LogP contribution in [-0.2, 0) is 24.3 Å². The molecule has 4 rings (SSSR count). The van der Waals surface area contributed by atoms with Gasteiger partial charge in [0.25, 0.3) is 0 Å². The molecule has 2 fully saturated rings. The van der Waals surface area contributed by atoms with E-state index in [0.29, 0.717) is 31.7 Å². The third-order valence-electron chi connectivity index (χ3n) is 7.39. The Kier molecular flexibility index (Phi) is 7.82. The second-order valence-corrected chi connectivity index (χ2v) is 11.9. The Morgan fingerprint density at radius 1 is 1.22 bits per heavy atom. The first kappa shape index (κ1) is 26.3. The summed E-state index contributed by atoms with van der Waals surface area (Å²) in [4.78, 5) is 22.8. The van der Waals surface area contributed by atoms with Crippen molar-refractivity contribution in [1.82, 2.24) is 4.31 Å². The zero-order valence-electron chi connectivity index (χ0n) is 20.7. The highest BCUT2D eigenvalue weighted by atomic mass is 32.2. The van der Waals surface area contributed by atoms with E-state index in [0.717, 1.165) is 28.5 Å². The minimum absolute atomic E-state index is 0.0101. The van der Waals surface area contributed by atoms with Gasteiger partial charge in [0.05, 0.1) is 6.10 Å². The molecule has 8 nitrogen and oxygen atoms in total. The van der Waals surface area contributed by atoms with E-state index in [1.165, 1.54) is 4.31 Å². The second-order valence-electron chi connectivity index (χ2n) is 9.69. The van der Waals surface area contributed by atoms with Crippen molar-refractivity contribution >= 4 is 22.3 Å². The number of hydrogen-bond acceptors (Lipinski definition) is 6. The van der Waals surface area contributed by atoms with Crippen LogP contribution < -0.4 is 4.74 Å². The van der Waals surface area contributed by atoms with Crippen LogP contribution in [0.5, 0.6) is 5.75 Å². The van der Waals surface area contributed by atoms with Gasteiger partial charge in [0.2, 0.25) is 10.0 Å². The number of carboxylic acid groups (broad SMARTS) is 1. The van der Waals surface area contributed by atoms with Crippen LogP contribution in [0.2, 0.25) is 0 Å². The molecular formula is C27H33NO7S. The quantitative estimate of drug-likeness (QED) is 0.533. The SMILES string of the molecule is Cc1cc(C2CCN(S(=O)(=O)C3(C(=O)O)CCOC(C)C3)CC2)ccc1-c1cccc(OCC=O)c1. The first-order valence-electron chi connectivity index (χ1n) is 12.3.